The van der Waals surface area contributed by atoms with Crippen molar-refractivity contribution in [1.29, 1.82) is 0 Å². The number of ether oxygens (including phenoxy) is 1. The van der Waals surface area contributed by atoms with Gasteiger partial charge in [0.05, 0.1) is 0 Å². The van der Waals surface area contributed by atoms with Crippen molar-refractivity contribution >= 4 is 23.3 Å². The Morgan fingerprint density at radius 1 is 1.53 bits per heavy atom. The number of aromatic nitrogens is 2. The van der Waals surface area contributed by atoms with Crippen LogP contribution >= 0.6 is 11.5 Å². The molecule has 1 amide bonds. The van der Waals surface area contributed by atoms with Gasteiger partial charge in [0.2, 0.25) is 0 Å². The molecule has 0 atom stereocenters. The molecule has 0 bridgehead atoms. The molecule has 1 aromatic carbocycles. The summed E-state index contributed by atoms with van der Waals surface area (Å²) in [4.78, 5) is 14.7. The van der Waals surface area contributed by atoms with Crippen LogP contribution in [0.4, 0.5) is 10.5 Å². The lowest BCUT2D eigenvalue weighted by Crippen LogP contribution is -2.28. The van der Waals surface area contributed by atoms with Crippen LogP contribution in [-0.4, -0.2) is 15.5 Å². The summed E-state index contributed by atoms with van der Waals surface area (Å²) >= 11 is 1.17. The number of hydrogen-bond acceptors (Lipinski definition) is 6. The first-order valence-electron chi connectivity index (χ1n) is 5.76. The van der Waals surface area contributed by atoms with E-state index >= 15 is 0 Å². The third-order valence-electron chi connectivity index (χ3n) is 2.21. The molecule has 2 aromatic rings. The van der Waals surface area contributed by atoms with Gasteiger partial charge in [-0.2, -0.15) is 9.36 Å². The Balaban J connectivity index is 2.07. The highest BCUT2D eigenvalue weighted by molar-refractivity contribution is 7.07. The number of carbonyl (C=O) groups excluding carboxylic acids is 1. The maximum absolute atomic E-state index is 10.4. The summed E-state index contributed by atoms with van der Waals surface area (Å²) in [5.41, 5.74) is 0.385. The lowest BCUT2D eigenvalue weighted by atomic mass is 10.3. The van der Waals surface area contributed by atoms with Crippen molar-refractivity contribution in [1.82, 2.24) is 9.36 Å². The van der Waals surface area contributed by atoms with E-state index in [1.165, 1.54) is 11.5 Å². The van der Waals surface area contributed by atoms with Crippen LogP contribution in [0.3, 0.4) is 0 Å². The summed E-state index contributed by atoms with van der Waals surface area (Å²) in [5.74, 6) is 1.25. The summed E-state index contributed by atoms with van der Waals surface area (Å²) in [5, 5.41) is 13.0. The van der Waals surface area contributed by atoms with E-state index in [1.807, 2.05) is 0 Å². The molecule has 0 fully saturated rings. The van der Waals surface area contributed by atoms with E-state index in [2.05, 4.69) is 21.6 Å². The van der Waals surface area contributed by atoms with E-state index in [0.29, 0.717) is 16.6 Å². The van der Waals surface area contributed by atoms with Crippen LogP contribution in [0.5, 0.6) is 10.9 Å². The largest absolute Gasteiger partial charge is 0.530 e. The monoisotopic (exact) mass is 278 g/mol. The van der Waals surface area contributed by atoms with Gasteiger partial charge in [-0.05, 0) is 18.6 Å². The van der Waals surface area contributed by atoms with Gasteiger partial charge in [0.25, 0.3) is 5.19 Å². The first-order valence-corrected chi connectivity index (χ1v) is 6.53. The Kier molecular flexibility index (Phi) is 4.30. The predicted molar refractivity (Wildman–Crippen MR) is 69.4 cm³/mol. The Morgan fingerprint density at radius 2 is 2.37 bits per heavy atom. The van der Waals surface area contributed by atoms with E-state index in [1.54, 1.807) is 24.3 Å². The first kappa shape index (κ1) is 13.3. The molecule has 6 nitrogen and oxygen atoms in total. The third-order valence-corrected chi connectivity index (χ3v) is 2.84. The van der Waals surface area contributed by atoms with E-state index < -0.39 is 6.09 Å². The van der Waals surface area contributed by atoms with Crippen LogP contribution in [0.2, 0.25) is 0 Å². The zero-order valence-electron chi connectivity index (χ0n) is 10.3. The average Bonchev–Trinajstić information content (AvgIpc) is 2.76. The molecule has 1 N–H and O–H groups in total. The molecule has 0 saturated heterocycles. The second kappa shape index (κ2) is 6.14. The van der Waals surface area contributed by atoms with Crippen LogP contribution in [-0.2, 0) is 6.42 Å². The fourth-order valence-electron chi connectivity index (χ4n) is 1.46. The number of anilines is 1. The summed E-state index contributed by atoms with van der Waals surface area (Å²) in [6.07, 6.45) is 0.422. The van der Waals surface area contributed by atoms with Gasteiger partial charge in [-0.1, -0.05) is 13.0 Å². The first-order chi connectivity index (χ1) is 9.17. The highest BCUT2D eigenvalue weighted by atomic mass is 32.1. The molecule has 0 spiro atoms. The maximum Gasteiger partial charge on any atom is 0.298 e. The van der Waals surface area contributed by atoms with Crippen molar-refractivity contribution in [2.45, 2.75) is 19.8 Å². The fourth-order valence-corrected chi connectivity index (χ4v) is 2.06. The number of nitrogens with one attached hydrogen (secondary N) is 1. The van der Waals surface area contributed by atoms with Gasteiger partial charge >= 0.3 is 0 Å². The van der Waals surface area contributed by atoms with Crippen molar-refractivity contribution in [2.75, 3.05) is 5.32 Å². The van der Waals surface area contributed by atoms with Crippen LogP contribution in [0.15, 0.2) is 24.3 Å². The minimum atomic E-state index is -1.36. The predicted octanol–water partition coefficient (Wildman–Crippen LogP) is 2.04. The zero-order chi connectivity index (χ0) is 13.7. The molecule has 100 valence electrons. The third kappa shape index (κ3) is 3.92. The highest BCUT2D eigenvalue weighted by Crippen LogP contribution is 2.25. The van der Waals surface area contributed by atoms with Gasteiger partial charge in [0, 0.05) is 29.7 Å². The number of carbonyl (C=O) groups is 1. The van der Waals surface area contributed by atoms with Crippen molar-refractivity contribution in [2.24, 2.45) is 0 Å². The zero-order valence-corrected chi connectivity index (χ0v) is 11.1. The summed E-state index contributed by atoms with van der Waals surface area (Å²) in [7, 11) is 0. The molecule has 1 heterocycles. The molecule has 0 radical (unpaired) electrons. The van der Waals surface area contributed by atoms with Crippen molar-refractivity contribution in [3.8, 4) is 10.9 Å². The average molecular weight is 278 g/mol. The van der Waals surface area contributed by atoms with Gasteiger partial charge in [-0.25, -0.2) is 0 Å². The Morgan fingerprint density at radius 3 is 3.11 bits per heavy atom. The molecular weight excluding hydrogens is 266 g/mol. The molecular formula is C12H12N3O3S-. The van der Waals surface area contributed by atoms with Gasteiger partial charge in [0.1, 0.15) is 17.7 Å². The molecule has 0 unspecified atom stereocenters. The fraction of sp³-hybridized carbons (Fsp3) is 0.250. The van der Waals surface area contributed by atoms with E-state index in [0.717, 1.165) is 18.7 Å². The quantitative estimate of drug-likeness (QED) is 0.904. The molecule has 0 saturated carbocycles. The van der Waals surface area contributed by atoms with Gasteiger partial charge in [-0.3, -0.25) is 0 Å². The summed E-state index contributed by atoms with van der Waals surface area (Å²) in [6.45, 7) is 2.05. The number of carboxylic acid groups (broad SMARTS) is 1. The summed E-state index contributed by atoms with van der Waals surface area (Å²) in [6, 6.07) is 6.54. The smallest absolute Gasteiger partial charge is 0.298 e. The Hall–Kier alpha value is -2.15. The van der Waals surface area contributed by atoms with Crippen LogP contribution in [0.25, 0.3) is 0 Å². The SMILES string of the molecule is CCCc1nsc(Oc2cccc(NC(=O)[O-])c2)n1. The molecule has 1 aromatic heterocycles. The Labute approximate surface area is 114 Å². The van der Waals surface area contributed by atoms with Gasteiger partial charge in [0.15, 0.2) is 0 Å². The lowest BCUT2D eigenvalue weighted by Gasteiger charge is -2.07. The molecule has 19 heavy (non-hydrogen) atoms. The number of rotatable bonds is 5. The minimum Gasteiger partial charge on any atom is -0.530 e. The van der Waals surface area contributed by atoms with Gasteiger partial charge in [-0.15, -0.1) is 0 Å². The highest BCUT2D eigenvalue weighted by Gasteiger charge is 2.06. The number of hydrogen-bond donors (Lipinski definition) is 1. The van der Waals surface area contributed by atoms with Crippen LogP contribution in [0.1, 0.15) is 19.2 Å². The number of aryl methyl sites for hydroxylation is 1. The lowest BCUT2D eigenvalue weighted by molar-refractivity contribution is -0.242. The second-order valence-electron chi connectivity index (χ2n) is 3.77. The topological polar surface area (TPSA) is 87.2 Å². The minimum absolute atomic E-state index is 0.385. The molecule has 0 aliphatic carbocycles. The van der Waals surface area contributed by atoms with Gasteiger partial charge < -0.3 is 20.0 Å². The van der Waals surface area contributed by atoms with E-state index in [9.17, 15) is 9.90 Å². The number of amides is 1. The van der Waals surface area contributed by atoms with Crippen molar-refractivity contribution in [3.05, 3.63) is 30.1 Å². The van der Waals surface area contributed by atoms with Crippen LogP contribution < -0.4 is 15.2 Å². The van der Waals surface area contributed by atoms with E-state index in [-0.39, 0.29) is 0 Å². The number of benzene rings is 1. The van der Waals surface area contributed by atoms with Crippen LogP contribution in [0, 0.1) is 0 Å². The standard InChI is InChI=1S/C12H13N3O3S/c1-2-4-10-14-12(19-15-10)18-9-6-3-5-8(7-9)13-11(16)17/h3,5-7,13H,2,4H2,1H3,(H,16,17)/p-1. The Bertz CT molecular complexity index is 571. The molecule has 0 aliphatic heterocycles. The van der Waals surface area contributed by atoms with Crippen molar-refractivity contribution in [3.63, 3.8) is 0 Å². The molecule has 7 heteroatoms. The molecule has 2 rings (SSSR count). The normalized spacial score (nSPS) is 10.2. The number of nitrogens with zero attached hydrogens (tertiary/aromatic N) is 2. The van der Waals surface area contributed by atoms with Crippen molar-refractivity contribution < 1.29 is 14.6 Å². The van der Waals surface area contributed by atoms with E-state index in [4.69, 9.17) is 4.74 Å². The summed E-state index contributed by atoms with van der Waals surface area (Å²) < 4.78 is 9.68. The maximum atomic E-state index is 10.4. The second-order valence-corrected chi connectivity index (χ2v) is 4.48. The molecule has 0 aliphatic rings.